The maximum atomic E-state index is 11.3. The second-order valence-corrected chi connectivity index (χ2v) is 5.50. The van der Waals surface area contributed by atoms with Crippen LogP contribution in [0, 0.1) is 0 Å². The second kappa shape index (κ2) is 5.78. The molecule has 92 valence electrons. The van der Waals surface area contributed by atoms with Crippen LogP contribution in [-0.4, -0.2) is 23.8 Å². The fourth-order valence-corrected chi connectivity index (χ4v) is 2.64. The molecule has 0 atom stereocenters. The quantitative estimate of drug-likeness (QED) is 0.850. The van der Waals surface area contributed by atoms with E-state index in [9.17, 15) is 4.79 Å². The largest absolute Gasteiger partial charge is 0.300 e. The first-order valence-corrected chi connectivity index (χ1v) is 6.99. The number of Topliss-reactive ketones (excluding diaryl/α,β-unsaturated/α-hetero) is 1. The molecule has 1 aliphatic rings. The van der Waals surface area contributed by atoms with Crippen molar-refractivity contribution >= 4 is 21.7 Å². The summed E-state index contributed by atoms with van der Waals surface area (Å²) in [5.41, 5.74) is 2.85. The van der Waals surface area contributed by atoms with Gasteiger partial charge >= 0.3 is 0 Å². The zero-order valence-electron chi connectivity index (χ0n) is 10.2. The van der Waals surface area contributed by atoms with Crippen LogP contribution >= 0.6 is 15.9 Å². The van der Waals surface area contributed by atoms with E-state index < -0.39 is 0 Å². The zero-order chi connectivity index (χ0) is 12.3. The van der Waals surface area contributed by atoms with Gasteiger partial charge in [0.25, 0.3) is 0 Å². The predicted octanol–water partition coefficient (Wildman–Crippen LogP) is 3.18. The van der Waals surface area contributed by atoms with Gasteiger partial charge in [0.15, 0.2) is 0 Å². The Labute approximate surface area is 111 Å². The van der Waals surface area contributed by atoms with Gasteiger partial charge in [0.1, 0.15) is 5.78 Å². The zero-order valence-corrected chi connectivity index (χ0v) is 11.8. The number of ketones is 1. The Hall–Kier alpha value is -0.670. The van der Waals surface area contributed by atoms with Crippen molar-refractivity contribution in [3.05, 3.63) is 33.8 Å². The van der Waals surface area contributed by atoms with Gasteiger partial charge in [-0.1, -0.05) is 28.9 Å². The molecule has 0 unspecified atom stereocenters. The summed E-state index contributed by atoms with van der Waals surface area (Å²) in [6, 6.07) is 6.50. The molecule has 1 aliphatic heterocycles. The number of carbonyl (C=O) groups is 1. The van der Waals surface area contributed by atoms with E-state index in [2.05, 4.69) is 39.0 Å². The minimum Gasteiger partial charge on any atom is -0.300 e. The lowest BCUT2D eigenvalue weighted by Crippen LogP contribution is -2.32. The first-order chi connectivity index (χ1) is 8.19. The van der Waals surface area contributed by atoms with Gasteiger partial charge in [-0.2, -0.15) is 0 Å². The molecule has 0 saturated heterocycles. The molecule has 0 spiro atoms. The number of halogens is 1. The molecule has 0 aromatic heterocycles. The van der Waals surface area contributed by atoms with E-state index >= 15 is 0 Å². The predicted molar refractivity (Wildman–Crippen MR) is 73.0 cm³/mol. The molecule has 0 fully saturated rings. The summed E-state index contributed by atoms with van der Waals surface area (Å²) in [5, 5.41) is 0. The molecular formula is C14H18BrNO. The Balaban J connectivity index is 1.94. The molecule has 0 saturated carbocycles. The molecule has 3 heteroatoms. The number of rotatable bonds is 4. The molecule has 1 heterocycles. The maximum absolute atomic E-state index is 11.3. The topological polar surface area (TPSA) is 20.3 Å². The van der Waals surface area contributed by atoms with Gasteiger partial charge < -0.3 is 0 Å². The van der Waals surface area contributed by atoms with E-state index in [4.69, 9.17) is 0 Å². The van der Waals surface area contributed by atoms with Crippen molar-refractivity contribution in [1.29, 1.82) is 0 Å². The second-order valence-electron chi connectivity index (χ2n) is 4.58. The summed E-state index contributed by atoms with van der Waals surface area (Å²) < 4.78 is 1.16. The lowest BCUT2D eigenvalue weighted by atomic mass is 10.00. The minimum atomic E-state index is 0.367. The van der Waals surface area contributed by atoms with Crippen LogP contribution in [-0.2, 0) is 17.8 Å². The van der Waals surface area contributed by atoms with Crippen molar-refractivity contribution in [3.63, 3.8) is 0 Å². The highest BCUT2D eigenvalue weighted by molar-refractivity contribution is 9.10. The summed E-state index contributed by atoms with van der Waals surface area (Å²) >= 11 is 3.51. The maximum Gasteiger partial charge on any atom is 0.133 e. The highest BCUT2D eigenvalue weighted by Gasteiger charge is 2.16. The lowest BCUT2D eigenvalue weighted by Gasteiger charge is -2.28. The first-order valence-electron chi connectivity index (χ1n) is 6.20. The molecule has 0 amide bonds. The highest BCUT2D eigenvalue weighted by Crippen LogP contribution is 2.22. The Morgan fingerprint density at radius 1 is 1.41 bits per heavy atom. The van der Waals surface area contributed by atoms with Crippen LogP contribution < -0.4 is 0 Å². The SMILES string of the molecule is CCC(=O)CCN1CCc2cc(Br)ccc2C1. The normalized spacial score (nSPS) is 15.6. The van der Waals surface area contributed by atoms with Crippen molar-refractivity contribution in [1.82, 2.24) is 4.90 Å². The number of nitrogens with zero attached hydrogens (tertiary/aromatic N) is 1. The van der Waals surface area contributed by atoms with E-state index in [1.807, 2.05) is 6.92 Å². The van der Waals surface area contributed by atoms with Crippen LogP contribution in [0.3, 0.4) is 0 Å². The van der Waals surface area contributed by atoms with Gasteiger partial charge in [0.2, 0.25) is 0 Å². The monoisotopic (exact) mass is 295 g/mol. The summed E-state index contributed by atoms with van der Waals surface area (Å²) in [7, 11) is 0. The van der Waals surface area contributed by atoms with E-state index in [0.717, 1.165) is 30.5 Å². The summed E-state index contributed by atoms with van der Waals surface area (Å²) in [4.78, 5) is 13.7. The van der Waals surface area contributed by atoms with Gasteiger partial charge in [-0.3, -0.25) is 9.69 Å². The molecule has 1 aromatic carbocycles. The van der Waals surface area contributed by atoms with Crippen LogP contribution in [0.2, 0.25) is 0 Å². The molecular weight excluding hydrogens is 278 g/mol. The van der Waals surface area contributed by atoms with E-state index in [0.29, 0.717) is 18.6 Å². The van der Waals surface area contributed by atoms with Crippen LogP contribution in [0.5, 0.6) is 0 Å². The van der Waals surface area contributed by atoms with Gasteiger partial charge in [-0.25, -0.2) is 0 Å². The Bertz CT molecular complexity index is 417. The van der Waals surface area contributed by atoms with Crippen molar-refractivity contribution < 1.29 is 4.79 Å². The third-order valence-electron chi connectivity index (χ3n) is 3.36. The van der Waals surface area contributed by atoms with Gasteiger partial charge in [-0.05, 0) is 29.7 Å². The molecule has 17 heavy (non-hydrogen) atoms. The van der Waals surface area contributed by atoms with E-state index in [-0.39, 0.29) is 0 Å². The van der Waals surface area contributed by atoms with Crippen LogP contribution in [0.15, 0.2) is 22.7 Å². The average molecular weight is 296 g/mol. The summed E-state index contributed by atoms with van der Waals surface area (Å²) in [6.07, 6.45) is 2.45. The lowest BCUT2D eigenvalue weighted by molar-refractivity contribution is -0.119. The molecule has 1 aromatic rings. The smallest absolute Gasteiger partial charge is 0.133 e. The van der Waals surface area contributed by atoms with Gasteiger partial charge in [0, 0.05) is 36.9 Å². The van der Waals surface area contributed by atoms with Crippen LogP contribution in [0.25, 0.3) is 0 Å². The molecule has 2 rings (SSSR count). The van der Waals surface area contributed by atoms with Crippen molar-refractivity contribution in [2.45, 2.75) is 32.7 Å². The Morgan fingerprint density at radius 2 is 2.24 bits per heavy atom. The fraction of sp³-hybridized carbons (Fsp3) is 0.500. The molecule has 0 bridgehead atoms. The molecule has 2 nitrogen and oxygen atoms in total. The third kappa shape index (κ3) is 3.39. The van der Waals surface area contributed by atoms with Crippen molar-refractivity contribution in [3.8, 4) is 0 Å². The standard InChI is InChI=1S/C14H18BrNO/c1-2-14(17)6-8-16-7-5-11-9-13(15)4-3-12(11)10-16/h3-4,9H,2,5-8,10H2,1H3. The molecule has 0 aliphatic carbocycles. The summed E-state index contributed by atoms with van der Waals surface area (Å²) in [6.45, 7) is 4.90. The first kappa shape index (κ1) is 12.8. The van der Waals surface area contributed by atoms with E-state index in [1.54, 1.807) is 0 Å². The number of fused-ring (bicyclic) bond motifs is 1. The Morgan fingerprint density at radius 3 is 3.00 bits per heavy atom. The third-order valence-corrected chi connectivity index (χ3v) is 3.85. The minimum absolute atomic E-state index is 0.367. The number of hydrogen-bond acceptors (Lipinski definition) is 2. The molecule has 0 N–H and O–H groups in total. The van der Waals surface area contributed by atoms with Crippen LogP contribution in [0.1, 0.15) is 30.9 Å². The van der Waals surface area contributed by atoms with Gasteiger partial charge in [0.05, 0.1) is 0 Å². The van der Waals surface area contributed by atoms with Crippen molar-refractivity contribution in [2.75, 3.05) is 13.1 Å². The molecule has 0 radical (unpaired) electrons. The van der Waals surface area contributed by atoms with Gasteiger partial charge in [-0.15, -0.1) is 0 Å². The number of carbonyl (C=O) groups excluding carboxylic acids is 1. The summed E-state index contributed by atoms with van der Waals surface area (Å²) in [5.74, 6) is 0.367. The van der Waals surface area contributed by atoms with E-state index in [1.165, 1.54) is 11.1 Å². The van der Waals surface area contributed by atoms with Crippen molar-refractivity contribution in [2.24, 2.45) is 0 Å². The van der Waals surface area contributed by atoms with Crippen LogP contribution in [0.4, 0.5) is 0 Å². The number of hydrogen-bond donors (Lipinski definition) is 0. The fourth-order valence-electron chi connectivity index (χ4n) is 2.23. The number of benzene rings is 1. The highest BCUT2D eigenvalue weighted by atomic mass is 79.9. The Kier molecular flexibility index (Phi) is 4.35. The average Bonchev–Trinajstić information content (AvgIpc) is 2.35.